The molecule has 0 aromatic rings. The summed E-state index contributed by atoms with van der Waals surface area (Å²) < 4.78 is 0. The molecular weight excluding hydrogens is 190 g/mol. The fourth-order valence-corrected chi connectivity index (χ4v) is 1.25. The lowest BCUT2D eigenvalue weighted by Gasteiger charge is -2.17. The second-order valence-corrected chi connectivity index (χ2v) is 3.32. The molecule has 15 heavy (non-hydrogen) atoms. The SMILES string of the molecule is CC(=N)C(=C=[N-])C(=N)C(C(C)=N)C(C)=N. The highest BCUT2D eigenvalue weighted by Crippen LogP contribution is 2.10. The summed E-state index contributed by atoms with van der Waals surface area (Å²) in [5.41, 5.74) is 0.0844. The Morgan fingerprint density at radius 3 is 1.60 bits per heavy atom. The first-order valence-corrected chi connectivity index (χ1v) is 4.34. The van der Waals surface area contributed by atoms with Gasteiger partial charge in [-0.05, 0) is 20.8 Å². The first-order chi connectivity index (χ1) is 6.82. The zero-order chi connectivity index (χ0) is 12.2. The van der Waals surface area contributed by atoms with Gasteiger partial charge in [0.05, 0.1) is 11.6 Å². The van der Waals surface area contributed by atoms with E-state index in [9.17, 15) is 0 Å². The van der Waals surface area contributed by atoms with Gasteiger partial charge in [0.2, 0.25) is 0 Å². The van der Waals surface area contributed by atoms with Crippen LogP contribution in [0.3, 0.4) is 0 Å². The first kappa shape index (κ1) is 13.1. The molecule has 0 aromatic carbocycles. The van der Waals surface area contributed by atoms with Crippen LogP contribution in [-0.2, 0) is 0 Å². The molecule has 0 rings (SSSR count). The average molecular weight is 204 g/mol. The third-order valence-electron chi connectivity index (χ3n) is 1.91. The van der Waals surface area contributed by atoms with Crippen LogP contribution < -0.4 is 0 Å². The van der Waals surface area contributed by atoms with E-state index in [-0.39, 0.29) is 28.4 Å². The third kappa shape index (κ3) is 3.07. The summed E-state index contributed by atoms with van der Waals surface area (Å²) >= 11 is 0. The van der Waals surface area contributed by atoms with Gasteiger partial charge < -0.3 is 27.0 Å². The zero-order valence-electron chi connectivity index (χ0n) is 9.02. The quantitative estimate of drug-likeness (QED) is 0.489. The second kappa shape index (κ2) is 5.12. The first-order valence-electron chi connectivity index (χ1n) is 4.34. The number of rotatable bonds is 5. The zero-order valence-corrected chi connectivity index (χ0v) is 9.02. The van der Waals surface area contributed by atoms with Crippen molar-refractivity contribution in [1.29, 1.82) is 21.6 Å². The van der Waals surface area contributed by atoms with Gasteiger partial charge in [0.15, 0.2) is 0 Å². The van der Waals surface area contributed by atoms with Crippen molar-refractivity contribution in [2.45, 2.75) is 20.8 Å². The van der Waals surface area contributed by atoms with Gasteiger partial charge >= 0.3 is 0 Å². The normalized spacial score (nSPS) is 11.1. The van der Waals surface area contributed by atoms with Crippen LogP contribution in [0.4, 0.5) is 0 Å². The Morgan fingerprint density at radius 1 is 1.00 bits per heavy atom. The number of nitrogens with one attached hydrogen (secondary N) is 4. The highest BCUT2D eigenvalue weighted by atomic mass is 14.6. The maximum absolute atomic E-state index is 8.77. The smallest absolute Gasteiger partial charge is 0.0765 e. The molecule has 0 radical (unpaired) electrons. The molecule has 0 amide bonds. The minimum atomic E-state index is -0.778. The Balaban J connectivity index is 5.30. The molecule has 0 aliphatic heterocycles. The van der Waals surface area contributed by atoms with Crippen LogP contribution in [0.5, 0.6) is 0 Å². The van der Waals surface area contributed by atoms with E-state index in [0.29, 0.717) is 0 Å². The van der Waals surface area contributed by atoms with E-state index in [0.717, 1.165) is 0 Å². The topological polar surface area (TPSA) is 118 Å². The van der Waals surface area contributed by atoms with Gasteiger partial charge in [0.1, 0.15) is 0 Å². The third-order valence-corrected chi connectivity index (χ3v) is 1.91. The molecular formula is C10H14N5-. The molecule has 5 nitrogen and oxygen atoms in total. The Morgan fingerprint density at radius 2 is 1.40 bits per heavy atom. The van der Waals surface area contributed by atoms with Gasteiger partial charge in [-0.2, -0.15) is 0 Å². The van der Waals surface area contributed by atoms with E-state index in [2.05, 4.69) is 0 Å². The highest BCUT2D eigenvalue weighted by Gasteiger charge is 2.22. The number of hydrogen-bond donors (Lipinski definition) is 4. The van der Waals surface area contributed by atoms with E-state index in [4.69, 9.17) is 27.0 Å². The molecule has 5 heteroatoms. The van der Waals surface area contributed by atoms with Crippen molar-refractivity contribution in [3.05, 3.63) is 11.0 Å². The van der Waals surface area contributed by atoms with Crippen molar-refractivity contribution in [2.75, 3.05) is 0 Å². The van der Waals surface area contributed by atoms with Crippen LogP contribution >= 0.6 is 0 Å². The molecule has 80 valence electrons. The van der Waals surface area contributed by atoms with Crippen LogP contribution in [0.15, 0.2) is 5.57 Å². The largest absolute Gasteiger partial charge is 0.763 e. The van der Waals surface area contributed by atoms with Crippen molar-refractivity contribution >= 4 is 28.7 Å². The summed E-state index contributed by atoms with van der Waals surface area (Å²) in [6.45, 7) is 4.40. The van der Waals surface area contributed by atoms with Gasteiger partial charge in [0, 0.05) is 22.7 Å². The molecule has 0 spiro atoms. The molecule has 0 bridgehead atoms. The summed E-state index contributed by atoms with van der Waals surface area (Å²) in [5.74, 6) is 0.988. The summed E-state index contributed by atoms with van der Waals surface area (Å²) in [5, 5.41) is 38.7. The average Bonchev–Trinajstić information content (AvgIpc) is 2.02. The Hall–Kier alpha value is -1.87. The lowest BCUT2D eigenvalue weighted by molar-refractivity contribution is 1.16. The van der Waals surface area contributed by atoms with Crippen LogP contribution in [-0.4, -0.2) is 28.7 Å². The summed E-state index contributed by atoms with van der Waals surface area (Å²) in [6, 6.07) is 0. The lowest BCUT2D eigenvalue weighted by Crippen LogP contribution is -2.30. The fourth-order valence-electron chi connectivity index (χ4n) is 1.25. The van der Waals surface area contributed by atoms with Gasteiger partial charge in [-0.1, -0.05) is 0 Å². The van der Waals surface area contributed by atoms with E-state index < -0.39 is 5.92 Å². The molecule has 0 aliphatic rings. The Labute approximate surface area is 88.8 Å². The maximum Gasteiger partial charge on any atom is 0.0765 e. The van der Waals surface area contributed by atoms with Crippen molar-refractivity contribution in [3.8, 4) is 0 Å². The highest BCUT2D eigenvalue weighted by molar-refractivity contribution is 6.36. The van der Waals surface area contributed by atoms with Gasteiger partial charge in [0.25, 0.3) is 0 Å². The van der Waals surface area contributed by atoms with Gasteiger partial charge in [-0.25, -0.2) is 0 Å². The van der Waals surface area contributed by atoms with Crippen molar-refractivity contribution in [1.82, 2.24) is 0 Å². The summed E-state index contributed by atoms with van der Waals surface area (Å²) in [7, 11) is 0. The Bertz CT molecular complexity index is 371. The number of hydrogen-bond acceptors (Lipinski definition) is 4. The summed E-state index contributed by atoms with van der Waals surface area (Å²) in [4.78, 5) is 0. The van der Waals surface area contributed by atoms with E-state index in [1.807, 2.05) is 0 Å². The number of allylic oxidation sites excluding steroid dienone is 1. The molecule has 0 aliphatic carbocycles. The molecule has 0 saturated carbocycles. The monoisotopic (exact) mass is 204 g/mol. The van der Waals surface area contributed by atoms with Crippen LogP contribution in [0.2, 0.25) is 0 Å². The van der Waals surface area contributed by atoms with E-state index >= 15 is 0 Å². The van der Waals surface area contributed by atoms with Crippen LogP contribution in [0.1, 0.15) is 20.8 Å². The van der Waals surface area contributed by atoms with Crippen LogP contribution in [0.25, 0.3) is 5.41 Å². The van der Waals surface area contributed by atoms with Gasteiger partial charge in [-0.15, -0.1) is 0 Å². The molecule has 0 aromatic heterocycles. The van der Waals surface area contributed by atoms with Crippen molar-refractivity contribution < 1.29 is 0 Å². The second-order valence-electron chi connectivity index (χ2n) is 3.32. The molecule has 0 saturated heterocycles. The molecule has 0 unspecified atom stereocenters. The summed E-state index contributed by atoms with van der Waals surface area (Å²) in [6.07, 6.45) is 0. The predicted octanol–water partition coefficient (Wildman–Crippen LogP) is 1.91. The molecule has 0 heterocycles. The minimum absolute atomic E-state index is 0.00463. The van der Waals surface area contributed by atoms with E-state index in [1.54, 1.807) is 5.87 Å². The molecule has 4 N–H and O–H groups in total. The standard InChI is InChI=1S/C10H14N5/c1-5(12)8(4-11)10(15)9(6(2)13)7(3)14/h9,12-15H,1-3H3/q-1. The van der Waals surface area contributed by atoms with Crippen molar-refractivity contribution in [2.24, 2.45) is 5.92 Å². The number of nitrogens with zero attached hydrogens (tertiary/aromatic N) is 1. The van der Waals surface area contributed by atoms with Crippen LogP contribution in [0, 0.1) is 27.6 Å². The lowest BCUT2D eigenvalue weighted by atomic mass is 9.88. The predicted molar refractivity (Wildman–Crippen MR) is 63.3 cm³/mol. The molecule has 0 atom stereocenters. The molecule has 0 fully saturated rings. The minimum Gasteiger partial charge on any atom is -0.763 e. The Kier molecular flexibility index (Phi) is 4.48. The fraction of sp³-hybridized carbons (Fsp3) is 0.400. The van der Waals surface area contributed by atoms with Gasteiger partial charge in [-0.3, -0.25) is 5.87 Å². The maximum atomic E-state index is 8.77. The van der Waals surface area contributed by atoms with E-state index in [1.165, 1.54) is 20.8 Å². The van der Waals surface area contributed by atoms with Crippen molar-refractivity contribution in [3.63, 3.8) is 0 Å².